The minimum absolute atomic E-state index is 0.0314. The number of rotatable bonds is 8. The van der Waals surface area contributed by atoms with E-state index >= 15 is 0 Å². The van der Waals surface area contributed by atoms with Crippen LogP contribution in [0, 0.1) is 0 Å². The summed E-state index contributed by atoms with van der Waals surface area (Å²) in [7, 11) is 1.55. The second-order valence-electron chi connectivity index (χ2n) is 7.09. The van der Waals surface area contributed by atoms with Crippen molar-refractivity contribution in [1.82, 2.24) is 10.2 Å². The van der Waals surface area contributed by atoms with Crippen LogP contribution in [0.1, 0.15) is 18.1 Å². The Morgan fingerprint density at radius 3 is 2.58 bits per heavy atom. The maximum Gasteiger partial charge on any atom is 0.265 e. The number of nitrogens with zero attached hydrogens (tertiary/aromatic N) is 1. The van der Waals surface area contributed by atoms with E-state index in [1.54, 1.807) is 49.6 Å². The van der Waals surface area contributed by atoms with Crippen LogP contribution in [-0.4, -0.2) is 41.4 Å². The molecule has 9 heteroatoms. The molecule has 8 nitrogen and oxygen atoms in total. The van der Waals surface area contributed by atoms with E-state index in [1.807, 2.05) is 0 Å². The molecule has 0 unspecified atom stereocenters. The molecule has 2 aromatic carbocycles. The lowest BCUT2D eigenvalue weighted by Gasteiger charge is -2.27. The van der Waals surface area contributed by atoms with Gasteiger partial charge in [-0.1, -0.05) is 12.1 Å². The second kappa shape index (κ2) is 10.6. The first-order valence-electron chi connectivity index (χ1n) is 9.99. The predicted molar refractivity (Wildman–Crippen MR) is 129 cm³/mol. The number of methoxy groups -OCH3 is 1. The zero-order chi connectivity index (χ0) is 24.0. The molecule has 3 amide bonds. The Balaban J connectivity index is 1.81. The van der Waals surface area contributed by atoms with Crippen LogP contribution in [0.5, 0.6) is 11.5 Å². The van der Waals surface area contributed by atoms with Gasteiger partial charge in [-0.25, -0.2) is 0 Å². The van der Waals surface area contributed by atoms with E-state index in [-0.39, 0.29) is 29.7 Å². The number of hydrogen-bond donors (Lipinski definition) is 2. The van der Waals surface area contributed by atoms with Gasteiger partial charge in [0.05, 0.1) is 7.11 Å². The SMILES string of the molecule is C=CCN1C(=O)/C(=C/c2ccc(OC)c(COc3ccc(NC(C)=O)cc3)c2)C(=O)NC1=S. The molecule has 0 aliphatic carbocycles. The summed E-state index contributed by atoms with van der Waals surface area (Å²) in [6.45, 7) is 5.43. The van der Waals surface area contributed by atoms with Crippen molar-refractivity contribution in [3.8, 4) is 11.5 Å². The van der Waals surface area contributed by atoms with Gasteiger partial charge < -0.3 is 14.8 Å². The Morgan fingerprint density at radius 2 is 1.94 bits per heavy atom. The Hall–Kier alpha value is -3.98. The van der Waals surface area contributed by atoms with E-state index in [0.29, 0.717) is 22.7 Å². The average molecular weight is 466 g/mol. The van der Waals surface area contributed by atoms with Crippen LogP contribution in [-0.2, 0) is 21.0 Å². The largest absolute Gasteiger partial charge is 0.496 e. The quantitative estimate of drug-likeness (QED) is 0.269. The van der Waals surface area contributed by atoms with Crippen LogP contribution < -0.4 is 20.1 Å². The third-order valence-corrected chi connectivity index (χ3v) is 5.00. The highest BCUT2D eigenvalue weighted by molar-refractivity contribution is 7.80. The Kier molecular flexibility index (Phi) is 7.57. The molecule has 2 N–H and O–H groups in total. The van der Waals surface area contributed by atoms with E-state index in [2.05, 4.69) is 17.2 Å². The van der Waals surface area contributed by atoms with Crippen molar-refractivity contribution >= 4 is 46.8 Å². The molecule has 3 rings (SSSR count). The number of nitrogens with one attached hydrogen (secondary N) is 2. The van der Waals surface area contributed by atoms with Crippen molar-refractivity contribution in [1.29, 1.82) is 0 Å². The summed E-state index contributed by atoms with van der Waals surface area (Å²) >= 11 is 5.07. The van der Waals surface area contributed by atoms with Gasteiger partial charge in [0.2, 0.25) is 5.91 Å². The van der Waals surface area contributed by atoms with Crippen molar-refractivity contribution in [3.05, 3.63) is 71.8 Å². The molecule has 0 aromatic heterocycles. The molecule has 1 fully saturated rings. The molecule has 1 saturated heterocycles. The molecular formula is C24H23N3O5S. The normalized spacial score (nSPS) is 14.7. The Labute approximate surface area is 196 Å². The van der Waals surface area contributed by atoms with Gasteiger partial charge in [0.15, 0.2) is 5.11 Å². The van der Waals surface area contributed by atoms with Crippen molar-refractivity contribution in [2.24, 2.45) is 0 Å². The zero-order valence-corrected chi connectivity index (χ0v) is 19.0. The molecule has 0 radical (unpaired) electrons. The lowest BCUT2D eigenvalue weighted by Crippen LogP contribution is -2.53. The van der Waals surface area contributed by atoms with Crippen molar-refractivity contribution < 1.29 is 23.9 Å². The molecular weight excluding hydrogens is 442 g/mol. The first-order chi connectivity index (χ1) is 15.8. The number of carbonyl (C=O) groups excluding carboxylic acids is 3. The van der Waals surface area contributed by atoms with E-state index < -0.39 is 11.8 Å². The van der Waals surface area contributed by atoms with Gasteiger partial charge in [-0.15, -0.1) is 6.58 Å². The minimum atomic E-state index is -0.557. The monoisotopic (exact) mass is 465 g/mol. The van der Waals surface area contributed by atoms with Gasteiger partial charge in [-0.2, -0.15) is 0 Å². The highest BCUT2D eigenvalue weighted by atomic mass is 32.1. The molecule has 1 aliphatic heterocycles. The molecule has 0 atom stereocenters. The van der Waals surface area contributed by atoms with Gasteiger partial charge in [-0.3, -0.25) is 24.6 Å². The number of ether oxygens (including phenoxy) is 2. The summed E-state index contributed by atoms with van der Waals surface area (Å²) in [5.74, 6) is -0.000137. The standard InChI is InChI=1S/C24H23N3O5S/c1-4-11-27-23(30)20(22(29)26-24(27)33)13-16-5-10-21(31-3)17(12-16)14-32-19-8-6-18(7-9-19)25-15(2)28/h4-10,12-13H,1,11,14H2,2-3H3,(H,25,28)(H,26,29,33)/b20-13+. The lowest BCUT2D eigenvalue weighted by molar-refractivity contribution is -0.128. The molecule has 170 valence electrons. The van der Waals surface area contributed by atoms with Crippen LogP contribution in [0.4, 0.5) is 5.69 Å². The molecule has 33 heavy (non-hydrogen) atoms. The fourth-order valence-corrected chi connectivity index (χ4v) is 3.41. The predicted octanol–water partition coefficient (Wildman–Crippen LogP) is 3.05. The summed E-state index contributed by atoms with van der Waals surface area (Å²) in [5.41, 5.74) is 1.98. The van der Waals surface area contributed by atoms with Crippen LogP contribution >= 0.6 is 12.2 Å². The van der Waals surface area contributed by atoms with Crippen molar-refractivity contribution in [3.63, 3.8) is 0 Å². The smallest absolute Gasteiger partial charge is 0.265 e. The highest BCUT2D eigenvalue weighted by Crippen LogP contribution is 2.25. The van der Waals surface area contributed by atoms with Gasteiger partial charge in [0, 0.05) is 24.7 Å². The van der Waals surface area contributed by atoms with Crippen LogP contribution in [0.15, 0.2) is 60.7 Å². The van der Waals surface area contributed by atoms with Crippen molar-refractivity contribution in [2.75, 3.05) is 19.0 Å². The fourth-order valence-electron chi connectivity index (χ4n) is 3.16. The lowest BCUT2D eigenvalue weighted by atomic mass is 10.0. The maximum atomic E-state index is 12.7. The Morgan fingerprint density at radius 1 is 1.21 bits per heavy atom. The van der Waals surface area contributed by atoms with Crippen LogP contribution in [0.3, 0.4) is 0 Å². The van der Waals surface area contributed by atoms with Gasteiger partial charge >= 0.3 is 0 Å². The molecule has 2 aromatic rings. The molecule has 0 saturated carbocycles. The number of hydrogen-bond acceptors (Lipinski definition) is 6. The summed E-state index contributed by atoms with van der Waals surface area (Å²) < 4.78 is 11.3. The van der Waals surface area contributed by atoms with E-state index in [0.717, 1.165) is 5.56 Å². The first-order valence-corrected chi connectivity index (χ1v) is 10.4. The van der Waals surface area contributed by atoms with Gasteiger partial charge in [-0.05, 0) is 60.3 Å². The summed E-state index contributed by atoms with van der Waals surface area (Å²) in [6, 6.07) is 12.2. The molecule has 0 bridgehead atoms. The zero-order valence-electron chi connectivity index (χ0n) is 18.2. The van der Waals surface area contributed by atoms with Gasteiger partial charge in [0.1, 0.15) is 23.7 Å². The maximum absolute atomic E-state index is 12.7. The third kappa shape index (κ3) is 5.83. The minimum Gasteiger partial charge on any atom is -0.496 e. The van der Waals surface area contributed by atoms with Gasteiger partial charge in [0.25, 0.3) is 11.8 Å². The highest BCUT2D eigenvalue weighted by Gasteiger charge is 2.32. The summed E-state index contributed by atoms with van der Waals surface area (Å²) in [6.07, 6.45) is 3.03. The van der Waals surface area contributed by atoms with E-state index in [1.165, 1.54) is 24.0 Å². The average Bonchev–Trinajstić information content (AvgIpc) is 2.78. The second-order valence-corrected chi connectivity index (χ2v) is 7.47. The van der Waals surface area contributed by atoms with E-state index in [4.69, 9.17) is 21.7 Å². The van der Waals surface area contributed by atoms with Crippen LogP contribution in [0.2, 0.25) is 0 Å². The molecule has 1 heterocycles. The van der Waals surface area contributed by atoms with Crippen molar-refractivity contribution in [2.45, 2.75) is 13.5 Å². The molecule has 1 aliphatic rings. The third-order valence-electron chi connectivity index (χ3n) is 4.68. The number of carbonyl (C=O) groups is 3. The number of amides is 3. The Bertz CT molecular complexity index is 1140. The first kappa shape index (κ1) is 23.7. The summed E-state index contributed by atoms with van der Waals surface area (Å²) in [4.78, 5) is 37.5. The number of thiocarbonyl (C=S) groups is 1. The summed E-state index contributed by atoms with van der Waals surface area (Å²) in [5, 5.41) is 5.27. The van der Waals surface area contributed by atoms with Crippen LogP contribution in [0.25, 0.3) is 6.08 Å². The molecule has 0 spiro atoms. The number of anilines is 1. The number of benzene rings is 2. The van der Waals surface area contributed by atoms with E-state index in [9.17, 15) is 14.4 Å². The topological polar surface area (TPSA) is 97.0 Å². The fraction of sp³-hybridized carbons (Fsp3) is 0.167.